The summed E-state index contributed by atoms with van der Waals surface area (Å²) in [5.41, 5.74) is 2.82. The van der Waals surface area contributed by atoms with Gasteiger partial charge in [0.05, 0.1) is 11.6 Å². The Morgan fingerprint density at radius 2 is 2.00 bits per heavy atom. The number of nitrogens with zero attached hydrogens (tertiary/aromatic N) is 3. The van der Waals surface area contributed by atoms with Gasteiger partial charge in [0.25, 0.3) is 0 Å². The van der Waals surface area contributed by atoms with E-state index in [2.05, 4.69) is 9.88 Å². The van der Waals surface area contributed by atoms with E-state index in [1.807, 2.05) is 53.4 Å². The molecule has 1 saturated heterocycles. The predicted octanol–water partition coefficient (Wildman–Crippen LogP) is 2.83. The number of hydrogen-bond donors (Lipinski definition) is 0. The molecule has 5 nitrogen and oxygen atoms in total. The minimum atomic E-state index is -0.248. The lowest BCUT2D eigenvalue weighted by Gasteiger charge is -2.33. The van der Waals surface area contributed by atoms with Crippen LogP contribution in [0.25, 0.3) is 11.1 Å². The summed E-state index contributed by atoms with van der Waals surface area (Å²) in [7, 11) is 0. The van der Waals surface area contributed by atoms with E-state index in [-0.39, 0.29) is 11.8 Å². The van der Waals surface area contributed by atoms with Gasteiger partial charge in [0.1, 0.15) is 0 Å². The standard InChI is InChI=1S/C18H19N3O2/c22-18-21(16-5-1-2-6-17(16)23-18)15-4-3-11-20(13-15)12-14-7-9-19-10-8-14/h1-2,5-10,15H,3-4,11-13H2. The number of likely N-dealkylation sites (tertiary alicyclic amines) is 1. The smallest absolute Gasteiger partial charge is 0.408 e. The Balaban J connectivity index is 1.59. The number of piperidine rings is 1. The average molecular weight is 309 g/mol. The Morgan fingerprint density at radius 1 is 1.17 bits per heavy atom. The molecule has 0 bridgehead atoms. The number of para-hydroxylation sites is 2. The minimum absolute atomic E-state index is 0.168. The maximum Gasteiger partial charge on any atom is 0.420 e. The van der Waals surface area contributed by atoms with Gasteiger partial charge in [-0.15, -0.1) is 0 Å². The topological polar surface area (TPSA) is 51.3 Å². The monoisotopic (exact) mass is 309 g/mol. The maximum absolute atomic E-state index is 12.3. The van der Waals surface area contributed by atoms with Crippen LogP contribution in [0.5, 0.6) is 0 Å². The summed E-state index contributed by atoms with van der Waals surface area (Å²) in [6.07, 6.45) is 5.74. The van der Waals surface area contributed by atoms with Crippen molar-refractivity contribution in [1.29, 1.82) is 0 Å². The van der Waals surface area contributed by atoms with Crippen LogP contribution in [-0.2, 0) is 6.54 Å². The molecule has 0 spiro atoms. The lowest BCUT2D eigenvalue weighted by Crippen LogP contribution is -2.38. The van der Waals surface area contributed by atoms with Gasteiger partial charge < -0.3 is 4.42 Å². The van der Waals surface area contributed by atoms with Crippen LogP contribution in [-0.4, -0.2) is 27.5 Å². The van der Waals surface area contributed by atoms with Gasteiger partial charge in [-0.1, -0.05) is 12.1 Å². The van der Waals surface area contributed by atoms with Crippen molar-refractivity contribution in [3.8, 4) is 0 Å². The van der Waals surface area contributed by atoms with Gasteiger partial charge in [-0.05, 0) is 49.2 Å². The van der Waals surface area contributed by atoms with Crippen molar-refractivity contribution in [2.45, 2.75) is 25.4 Å². The third kappa shape index (κ3) is 2.80. The summed E-state index contributed by atoms with van der Waals surface area (Å²) < 4.78 is 7.21. The first-order chi connectivity index (χ1) is 11.3. The first kappa shape index (κ1) is 14.2. The van der Waals surface area contributed by atoms with Crippen molar-refractivity contribution in [3.63, 3.8) is 0 Å². The number of hydrogen-bond acceptors (Lipinski definition) is 4. The van der Waals surface area contributed by atoms with Crippen molar-refractivity contribution in [2.75, 3.05) is 13.1 Å². The molecule has 1 aromatic carbocycles. The largest absolute Gasteiger partial charge is 0.420 e. The number of aromatic nitrogens is 2. The third-order valence-electron chi connectivity index (χ3n) is 4.52. The van der Waals surface area contributed by atoms with Crippen LogP contribution in [0.15, 0.2) is 58.0 Å². The fraction of sp³-hybridized carbons (Fsp3) is 0.333. The normalized spacial score (nSPS) is 19.2. The van der Waals surface area contributed by atoms with Crippen LogP contribution < -0.4 is 5.76 Å². The summed E-state index contributed by atoms with van der Waals surface area (Å²) in [6, 6.07) is 11.9. The Labute approximate surface area is 134 Å². The first-order valence-electron chi connectivity index (χ1n) is 8.02. The molecule has 0 radical (unpaired) electrons. The second-order valence-electron chi connectivity index (χ2n) is 6.09. The zero-order chi connectivity index (χ0) is 15.6. The molecule has 2 aromatic heterocycles. The third-order valence-corrected chi connectivity index (χ3v) is 4.52. The summed E-state index contributed by atoms with van der Waals surface area (Å²) in [5.74, 6) is -0.248. The quantitative estimate of drug-likeness (QED) is 0.746. The summed E-state index contributed by atoms with van der Waals surface area (Å²) in [6.45, 7) is 2.82. The Bertz CT molecular complexity index is 853. The Kier molecular flexibility index (Phi) is 3.71. The second kappa shape index (κ2) is 6.01. The van der Waals surface area contributed by atoms with Crippen LogP contribution in [0.2, 0.25) is 0 Å². The lowest BCUT2D eigenvalue weighted by molar-refractivity contribution is 0.168. The van der Waals surface area contributed by atoms with E-state index in [1.54, 1.807) is 0 Å². The molecule has 23 heavy (non-hydrogen) atoms. The molecule has 4 rings (SSSR count). The predicted molar refractivity (Wildman–Crippen MR) is 88.3 cm³/mol. The van der Waals surface area contributed by atoms with Gasteiger partial charge in [0.2, 0.25) is 0 Å². The Morgan fingerprint density at radius 3 is 2.87 bits per heavy atom. The van der Waals surface area contributed by atoms with Gasteiger partial charge in [-0.3, -0.25) is 14.5 Å². The summed E-state index contributed by atoms with van der Waals surface area (Å²) >= 11 is 0. The highest BCUT2D eigenvalue weighted by Crippen LogP contribution is 2.25. The van der Waals surface area contributed by atoms with Gasteiger partial charge in [0, 0.05) is 25.5 Å². The van der Waals surface area contributed by atoms with Gasteiger partial charge in [0.15, 0.2) is 5.58 Å². The molecule has 3 aromatic rings. The molecule has 118 valence electrons. The van der Waals surface area contributed by atoms with Crippen LogP contribution >= 0.6 is 0 Å². The minimum Gasteiger partial charge on any atom is -0.408 e. The van der Waals surface area contributed by atoms with Crippen molar-refractivity contribution in [2.24, 2.45) is 0 Å². The highest BCUT2D eigenvalue weighted by molar-refractivity contribution is 5.72. The molecule has 1 atom stereocenters. The van der Waals surface area contributed by atoms with Crippen LogP contribution in [0, 0.1) is 0 Å². The maximum atomic E-state index is 12.3. The van der Waals surface area contributed by atoms with Gasteiger partial charge in [-0.2, -0.15) is 0 Å². The van der Waals surface area contributed by atoms with E-state index < -0.39 is 0 Å². The van der Waals surface area contributed by atoms with E-state index in [0.29, 0.717) is 5.58 Å². The van der Waals surface area contributed by atoms with Crippen LogP contribution in [0.4, 0.5) is 0 Å². The fourth-order valence-electron chi connectivity index (χ4n) is 3.46. The average Bonchev–Trinajstić information content (AvgIpc) is 2.92. The molecule has 1 aliphatic rings. The molecule has 5 heteroatoms. The summed E-state index contributed by atoms with van der Waals surface area (Å²) in [5, 5.41) is 0. The van der Waals surface area contributed by atoms with E-state index in [4.69, 9.17) is 4.42 Å². The van der Waals surface area contributed by atoms with E-state index in [1.165, 1.54) is 5.56 Å². The van der Waals surface area contributed by atoms with Gasteiger partial charge >= 0.3 is 5.76 Å². The van der Waals surface area contributed by atoms with E-state index >= 15 is 0 Å². The fourth-order valence-corrected chi connectivity index (χ4v) is 3.46. The van der Waals surface area contributed by atoms with Crippen molar-refractivity contribution < 1.29 is 4.42 Å². The van der Waals surface area contributed by atoms with Crippen molar-refractivity contribution >= 4 is 11.1 Å². The number of pyridine rings is 1. The molecular formula is C18H19N3O2. The lowest BCUT2D eigenvalue weighted by atomic mass is 10.0. The van der Waals surface area contributed by atoms with Gasteiger partial charge in [-0.25, -0.2) is 4.79 Å². The molecule has 1 unspecified atom stereocenters. The molecule has 0 amide bonds. The Hall–Kier alpha value is -2.40. The number of rotatable bonds is 3. The first-order valence-corrected chi connectivity index (χ1v) is 8.02. The molecule has 0 N–H and O–H groups in total. The number of benzene rings is 1. The number of oxazole rings is 1. The second-order valence-corrected chi connectivity index (χ2v) is 6.09. The highest BCUT2D eigenvalue weighted by atomic mass is 16.4. The molecule has 1 fully saturated rings. The highest BCUT2D eigenvalue weighted by Gasteiger charge is 2.25. The molecule has 1 aliphatic heterocycles. The zero-order valence-electron chi connectivity index (χ0n) is 12.9. The summed E-state index contributed by atoms with van der Waals surface area (Å²) in [4.78, 5) is 18.7. The van der Waals surface area contributed by atoms with Crippen molar-refractivity contribution in [3.05, 3.63) is 64.9 Å². The number of fused-ring (bicyclic) bond motifs is 1. The van der Waals surface area contributed by atoms with Crippen molar-refractivity contribution in [1.82, 2.24) is 14.5 Å². The van der Waals surface area contributed by atoms with E-state index in [9.17, 15) is 4.79 Å². The molecule has 0 aliphatic carbocycles. The van der Waals surface area contributed by atoms with Crippen LogP contribution in [0.3, 0.4) is 0 Å². The molecule has 0 saturated carbocycles. The zero-order valence-corrected chi connectivity index (χ0v) is 12.9. The van der Waals surface area contributed by atoms with Crippen LogP contribution in [0.1, 0.15) is 24.4 Å². The molecule has 3 heterocycles. The van der Waals surface area contributed by atoms with E-state index in [0.717, 1.165) is 38.0 Å². The molecular weight excluding hydrogens is 290 g/mol. The SMILES string of the molecule is O=c1oc2ccccc2n1C1CCCN(Cc2ccncc2)C1.